The largest absolute Gasteiger partial charge is 0.479 e. The van der Waals surface area contributed by atoms with Crippen LogP contribution in [0.1, 0.15) is 16.7 Å². The Morgan fingerprint density at radius 3 is 2.47 bits per heavy atom. The van der Waals surface area contributed by atoms with E-state index >= 15 is 0 Å². The van der Waals surface area contributed by atoms with E-state index < -0.39 is 11.5 Å². The number of rotatable bonds is 2. The monoisotopic (exact) mass is 253 g/mol. The first-order chi connectivity index (χ1) is 9.25. The number of hydrogen-bond donors (Lipinski definition) is 2. The van der Waals surface area contributed by atoms with Crippen LogP contribution < -0.4 is 5.32 Å². The number of carboxylic acids is 1. The maximum absolute atomic E-state index is 12.0. The summed E-state index contributed by atoms with van der Waals surface area (Å²) in [7, 11) is 0. The van der Waals surface area contributed by atoms with Crippen LogP contribution in [0, 0.1) is 0 Å². The number of hydrogen-bond acceptors (Lipinski definition) is 2. The van der Waals surface area contributed by atoms with Crippen molar-refractivity contribution in [1.82, 2.24) is 5.32 Å². The Morgan fingerprint density at radius 1 is 1.05 bits per heavy atom. The zero-order chi connectivity index (χ0) is 13.3. The van der Waals surface area contributed by atoms with E-state index in [0.29, 0.717) is 6.54 Å². The molecule has 1 atom stereocenters. The van der Waals surface area contributed by atoms with E-state index in [1.807, 2.05) is 54.6 Å². The predicted octanol–water partition coefficient (Wildman–Crippen LogP) is 2.16. The number of fused-ring (bicyclic) bond motifs is 1. The summed E-state index contributed by atoms with van der Waals surface area (Å²) < 4.78 is 0. The summed E-state index contributed by atoms with van der Waals surface area (Å²) in [5, 5.41) is 13.0. The minimum Gasteiger partial charge on any atom is -0.479 e. The standard InChI is InChI=1S/C16H15NO2/c18-15(19)16(13-7-2-1-3-8-13)14-9-5-4-6-12(14)10-11-17-16/h1-9,17H,10-11H2,(H,18,19). The third-order valence-electron chi connectivity index (χ3n) is 3.73. The van der Waals surface area contributed by atoms with Crippen LogP contribution >= 0.6 is 0 Å². The second-order valence-electron chi connectivity index (χ2n) is 4.76. The third-order valence-corrected chi connectivity index (χ3v) is 3.73. The number of benzene rings is 2. The highest BCUT2D eigenvalue weighted by atomic mass is 16.4. The van der Waals surface area contributed by atoms with Crippen molar-refractivity contribution in [1.29, 1.82) is 0 Å². The molecule has 3 nitrogen and oxygen atoms in total. The van der Waals surface area contributed by atoms with E-state index in [1.165, 1.54) is 0 Å². The van der Waals surface area contributed by atoms with Gasteiger partial charge in [0.1, 0.15) is 0 Å². The Hall–Kier alpha value is -2.13. The number of carbonyl (C=O) groups is 1. The molecule has 96 valence electrons. The van der Waals surface area contributed by atoms with Gasteiger partial charge in [0.25, 0.3) is 0 Å². The fraction of sp³-hybridized carbons (Fsp3) is 0.188. The van der Waals surface area contributed by atoms with Crippen LogP contribution in [0.15, 0.2) is 54.6 Å². The molecule has 0 aromatic heterocycles. The van der Waals surface area contributed by atoms with E-state index in [-0.39, 0.29) is 0 Å². The maximum Gasteiger partial charge on any atom is 0.333 e. The number of carboxylic acid groups (broad SMARTS) is 1. The molecule has 0 radical (unpaired) electrons. The summed E-state index contributed by atoms with van der Waals surface area (Å²) in [4.78, 5) is 12.0. The van der Waals surface area contributed by atoms with E-state index in [1.54, 1.807) is 0 Å². The summed E-state index contributed by atoms with van der Waals surface area (Å²) in [5.41, 5.74) is 1.60. The second-order valence-corrected chi connectivity index (χ2v) is 4.76. The van der Waals surface area contributed by atoms with Gasteiger partial charge >= 0.3 is 5.97 Å². The molecule has 0 spiro atoms. The lowest BCUT2D eigenvalue weighted by Gasteiger charge is -2.37. The highest BCUT2D eigenvalue weighted by Gasteiger charge is 2.44. The van der Waals surface area contributed by atoms with Gasteiger partial charge in [-0.25, -0.2) is 4.79 Å². The Kier molecular flexibility index (Phi) is 2.84. The van der Waals surface area contributed by atoms with Crippen LogP contribution in [-0.4, -0.2) is 17.6 Å². The fourth-order valence-corrected chi connectivity index (χ4v) is 2.84. The molecule has 0 bridgehead atoms. The third kappa shape index (κ3) is 1.74. The van der Waals surface area contributed by atoms with Crippen LogP contribution in [0.4, 0.5) is 0 Å². The molecule has 0 aliphatic carbocycles. The molecule has 19 heavy (non-hydrogen) atoms. The Labute approximate surface area is 111 Å². The van der Waals surface area contributed by atoms with Gasteiger partial charge in [-0.3, -0.25) is 5.32 Å². The SMILES string of the molecule is O=C(O)C1(c2ccccc2)NCCc2ccccc21. The van der Waals surface area contributed by atoms with E-state index in [0.717, 1.165) is 23.1 Å². The minimum atomic E-state index is -1.13. The van der Waals surface area contributed by atoms with Gasteiger partial charge in [-0.1, -0.05) is 54.6 Å². The summed E-state index contributed by atoms with van der Waals surface area (Å²) in [6.45, 7) is 0.665. The lowest BCUT2D eigenvalue weighted by Crippen LogP contribution is -2.53. The zero-order valence-corrected chi connectivity index (χ0v) is 10.5. The first-order valence-electron chi connectivity index (χ1n) is 6.37. The molecule has 1 aliphatic rings. The zero-order valence-electron chi connectivity index (χ0n) is 10.5. The van der Waals surface area contributed by atoms with Gasteiger partial charge in [0.2, 0.25) is 0 Å². The summed E-state index contributed by atoms with van der Waals surface area (Å²) in [5.74, 6) is -0.856. The Balaban J connectivity index is 2.27. The van der Waals surface area contributed by atoms with Crippen molar-refractivity contribution in [2.45, 2.75) is 12.0 Å². The van der Waals surface area contributed by atoms with Crippen molar-refractivity contribution < 1.29 is 9.90 Å². The highest BCUT2D eigenvalue weighted by Crippen LogP contribution is 2.35. The highest BCUT2D eigenvalue weighted by molar-refractivity contribution is 5.86. The van der Waals surface area contributed by atoms with E-state index in [4.69, 9.17) is 0 Å². The van der Waals surface area contributed by atoms with Crippen LogP contribution in [0.5, 0.6) is 0 Å². The minimum absolute atomic E-state index is 0.665. The first-order valence-corrected chi connectivity index (χ1v) is 6.37. The summed E-state index contributed by atoms with van der Waals surface area (Å²) in [6.07, 6.45) is 0.859. The van der Waals surface area contributed by atoms with Gasteiger partial charge in [-0.15, -0.1) is 0 Å². The molecule has 3 heteroatoms. The van der Waals surface area contributed by atoms with Gasteiger partial charge in [0.15, 0.2) is 5.54 Å². The molecule has 2 aromatic rings. The molecule has 1 aliphatic heterocycles. The molecular weight excluding hydrogens is 238 g/mol. The van der Waals surface area contributed by atoms with Crippen molar-refractivity contribution >= 4 is 5.97 Å². The lowest BCUT2D eigenvalue weighted by atomic mass is 9.77. The van der Waals surface area contributed by atoms with Crippen LogP contribution in [0.2, 0.25) is 0 Å². The normalized spacial score (nSPS) is 21.7. The van der Waals surface area contributed by atoms with Crippen molar-refractivity contribution in [3.63, 3.8) is 0 Å². The quantitative estimate of drug-likeness (QED) is 0.862. The number of nitrogens with one attached hydrogen (secondary N) is 1. The van der Waals surface area contributed by atoms with Gasteiger partial charge in [0.05, 0.1) is 0 Å². The van der Waals surface area contributed by atoms with E-state index in [9.17, 15) is 9.90 Å². The average molecular weight is 253 g/mol. The molecular formula is C16H15NO2. The fourth-order valence-electron chi connectivity index (χ4n) is 2.84. The van der Waals surface area contributed by atoms with Crippen LogP contribution in [0.3, 0.4) is 0 Å². The Morgan fingerprint density at radius 2 is 1.74 bits per heavy atom. The summed E-state index contributed by atoms with van der Waals surface area (Å²) in [6, 6.07) is 17.1. The molecule has 1 unspecified atom stereocenters. The van der Waals surface area contributed by atoms with Gasteiger partial charge in [0, 0.05) is 6.54 Å². The molecule has 0 fully saturated rings. The summed E-state index contributed by atoms with van der Waals surface area (Å²) >= 11 is 0. The van der Waals surface area contributed by atoms with Crippen molar-refractivity contribution in [3.05, 3.63) is 71.3 Å². The molecule has 3 rings (SSSR count). The molecule has 2 aromatic carbocycles. The number of aliphatic carboxylic acids is 1. The van der Waals surface area contributed by atoms with Crippen molar-refractivity contribution in [2.24, 2.45) is 0 Å². The molecule has 2 N–H and O–H groups in total. The van der Waals surface area contributed by atoms with Gasteiger partial charge in [-0.2, -0.15) is 0 Å². The average Bonchev–Trinajstić information content (AvgIpc) is 2.47. The predicted molar refractivity (Wildman–Crippen MR) is 73.0 cm³/mol. The Bertz CT molecular complexity index is 609. The lowest BCUT2D eigenvalue weighted by molar-refractivity contribution is -0.143. The molecule has 0 saturated heterocycles. The first kappa shape index (κ1) is 11.9. The van der Waals surface area contributed by atoms with Gasteiger partial charge in [-0.05, 0) is 23.1 Å². The second kappa shape index (κ2) is 4.52. The van der Waals surface area contributed by atoms with Crippen LogP contribution in [-0.2, 0) is 16.8 Å². The van der Waals surface area contributed by atoms with Gasteiger partial charge < -0.3 is 5.11 Å². The molecule has 0 saturated carbocycles. The molecule has 0 amide bonds. The van der Waals surface area contributed by atoms with Crippen molar-refractivity contribution in [3.8, 4) is 0 Å². The van der Waals surface area contributed by atoms with Crippen LogP contribution in [0.25, 0.3) is 0 Å². The van der Waals surface area contributed by atoms with E-state index in [2.05, 4.69) is 5.32 Å². The van der Waals surface area contributed by atoms with Crippen molar-refractivity contribution in [2.75, 3.05) is 6.54 Å². The molecule has 1 heterocycles. The maximum atomic E-state index is 12.0. The smallest absolute Gasteiger partial charge is 0.333 e. The topological polar surface area (TPSA) is 49.3 Å².